The van der Waals surface area contributed by atoms with Gasteiger partial charge in [-0.25, -0.2) is 9.78 Å². The molecule has 8 nitrogen and oxygen atoms in total. The number of hydrogen-bond acceptors (Lipinski definition) is 7. The second-order valence-electron chi connectivity index (χ2n) is 4.61. The van der Waals surface area contributed by atoms with E-state index >= 15 is 0 Å². The predicted molar refractivity (Wildman–Crippen MR) is 88.4 cm³/mol. The molecule has 0 saturated heterocycles. The molecule has 0 radical (unpaired) electrons. The number of carboxylic acid groups (broad SMARTS) is 1. The van der Waals surface area contributed by atoms with E-state index in [2.05, 4.69) is 15.2 Å². The molecule has 0 spiro atoms. The molecule has 0 aliphatic carbocycles. The van der Waals surface area contributed by atoms with Crippen molar-refractivity contribution >= 4 is 23.8 Å². The first-order chi connectivity index (χ1) is 11.5. The highest BCUT2D eigenvalue weighted by atomic mass is 32.2. The summed E-state index contributed by atoms with van der Waals surface area (Å²) in [6.07, 6.45) is 2.10. The van der Waals surface area contributed by atoms with Crippen LogP contribution in [0, 0.1) is 0 Å². The fourth-order valence-electron chi connectivity index (χ4n) is 1.86. The maximum Gasteiger partial charge on any atom is 0.342 e. The van der Waals surface area contributed by atoms with Crippen molar-refractivity contribution in [3.8, 4) is 17.2 Å². The molecule has 0 aliphatic rings. The van der Waals surface area contributed by atoms with Gasteiger partial charge in [0.15, 0.2) is 11.5 Å². The zero-order valence-corrected chi connectivity index (χ0v) is 14.2. The molecule has 0 bridgehead atoms. The van der Waals surface area contributed by atoms with Crippen LogP contribution < -0.4 is 9.47 Å². The van der Waals surface area contributed by atoms with Crippen LogP contribution in [0.15, 0.2) is 22.2 Å². The lowest BCUT2D eigenvalue weighted by atomic mass is 10.1. The monoisotopic (exact) mass is 351 g/mol. The normalized spacial score (nSPS) is 11.4. The van der Waals surface area contributed by atoms with Gasteiger partial charge in [-0.05, 0) is 35.5 Å². The van der Waals surface area contributed by atoms with Crippen molar-refractivity contribution in [2.45, 2.75) is 18.5 Å². The molecule has 128 valence electrons. The number of methoxy groups -OCH3 is 2. The van der Waals surface area contributed by atoms with Crippen LogP contribution >= 0.6 is 11.8 Å². The third kappa shape index (κ3) is 3.99. The van der Waals surface area contributed by atoms with E-state index < -0.39 is 5.97 Å². The number of hydrogen-bond donors (Lipinski definition) is 3. The maximum atomic E-state index is 11.5. The molecule has 24 heavy (non-hydrogen) atoms. The molecule has 0 fully saturated rings. The van der Waals surface area contributed by atoms with Crippen molar-refractivity contribution in [1.82, 2.24) is 15.2 Å². The Labute approximate surface area is 142 Å². The van der Waals surface area contributed by atoms with E-state index in [1.54, 1.807) is 0 Å². The van der Waals surface area contributed by atoms with E-state index in [1.165, 1.54) is 32.4 Å². The van der Waals surface area contributed by atoms with Gasteiger partial charge in [-0.15, -0.1) is 5.10 Å². The van der Waals surface area contributed by atoms with Crippen LogP contribution in [0.5, 0.6) is 17.2 Å². The van der Waals surface area contributed by atoms with Gasteiger partial charge >= 0.3 is 5.97 Å². The largest absolute Gasteiger partial charge is 0.502 e. The second-order valence-corrected chi connectivity index (χ2v) is 5.62. The van der Waals surface area contributed by atoms with Crippen LogP contribution in [0.25, 0.3) is 6.08 Å². The Bertz CT molecular complexity index is 747. The van der Waals surface area contributed by atoms with Gasteiger partial charge in [-0.2, -0.15) is 0 Å². The van der Waals surface area contributed by atoms with Crippen LogP contribution in [-0.2, 0) is 11.2 Å². The first-order valence-electron chi connectivity index (χ1n) is 6.97. The molecule has 0 atom stereocenters. The lowest BCUT2D eigenvalue weighted by molar-refractivity contribution is -0.131. The van der Waals surface area contributed by atoms with E-state index in [0.717, 1.165) is 11.8 Å². The molecule has 3 N–H and O–H groups in total. The summed E-state index contributed by atoms with van der Waals surface area (Å²) in [5.74, 6) is -0.227. The van der Waals surface area contributed by atoms with Crippen molar-refractivity contribution in [1.29, 1.82) is 0 Å². The Morgan fingerprint density at radius 1 is 1.33 bits per heavy atom. The Morgan fingerprint density at radius 3 is 2.42 bits per heavy atom. The van der Waals surface area contributed by atoms with Crippen molar-refractivity contribution in [2.24, 2.45) is 0 Å². The molecule has 0 amide bonds. The summed E-state index contributed by atoms with van der Waals surface area (Å²) in [6.45, 7) is 1.91. The number of thioether (sulfide) groups is 1. The number of benzene rings is 1. The minimum absolute atomic E-state index is 0.0199. The summed E-state index contributed by atoms with van der Waals surface area (Å²) in [7, 11) is 2.80. The molecular formula is C15H17N3O5S. The average molecular weight is 351 g/mol. The highest BCUT2D eigenvalue weighted by Gasteiger charge is 2.16. The van der Waals surface area contributed by atoms with E-state index in [9.17, 15) is 15.0 Å². The van der Waals surface area contributed by atoms with Gasteiger partial charge in [-0.3, -0.25) is 5.10 Å². The van der Waals surface area contributed by atoms with E-state index in [1.807, 2.05) is 6.92 Å². The number of rotatable bonds is 7. The van der Waals surface area contributed by atoms with Crippen molar-refractivity contribution in [3.05, 3.63) is 28.4 Å². The van der Waals surface area contributed by atoms with Gasteiger partial charge in [0.1, 0.15) is 10.7 Å². The van der Waals surface area contributed by atoms with Gasteiger partial charge in [0, 0.05) is 6.42 Å². The fraction of sp³-hybridized carbons (Fsp3) is 0.267. The molecule has 1 aromatic carbocycles. The number of aryl methyl sites for hydroxylation is 1. The quantitative estimate of drug-likeness (QED) is 0.514. The Morgan fingerprint density at radius 2 is 1.96 bits per heavy atom. The molecule has 0 unspecified atom stereocenters. The number of aromatic hydroxyl groups is 1. The number of ether oxygens (including phenoxy) is 2. The Kier molecular flexibility index (Phi) is 5.69. The standard InChI is InChI=1S/C15H17N3O5S/c1-4-12-16-15(18-17-12)24-11(14(20)21)7-8-5-9(22-2)13(19)10(6-8)23-3/h5-7,19H,4H2,1-3H3,(H,20,21)(H,16,17,18)/b11-7+. The number of nitrogens with one attached hydrogen (secondary N) is 1. The third-order valence-electron chi connectivity index (χ3n) is 3.06. The minimum atomic E-state index is -1.12. The van der Waals surface area contributed by atoms with Crippen molar-refractivity contribution in [2.75, 3.05) is 14.2 Å². The van der Waals surface area contributed by atoms with Crippen LogP contribution in [0.2, 0.25) is 0 Å². The summed E-state index contributed by atoms with van der Waals surface area (Å²) in [5.41, 5.74) is 0.498. The van der Waals surface area contributed by atoms with Crippen LogP contribution in [0.1, 0.15) is 18.3 Å². The van der Waals surface area contributed by atoms with E-state index in [4.69, 9.17) is 9.47 Å². The van der Waals surface area contributed by atoms with Crippen LogP contribution in [0.3, 0.4) is 0 Å². The number of nitrogens with zero attached hydrogens (tertiary/aromatic N) is 2. The average Bonchev–Trinajstić information content (AvgIpc) is 3.03. The predicted octanol–water partition coefficient (Wildman–Crippen LogP) is 2.31. The smallest absolute Gasteiger partial charge is 0.342 e. The van der Waals surface area contributed by atoms with Crippen molar-refractivity contribution < 1.29 is 24.5 Å². The number of aromatic nitrogens is 3. The molecule has 1 aromatic heterocycles. The van der Waals surface area contributed by atoms with Gasteiger partial charge in [0.05, 0.1) is 14.2 Å². The number of carbonyl (C=O) groups is 1. The minimum Gasteiger partial charge on any atom is -0.502 e. The molecule has 0 saturated carbocycles. The van der Waals surface area contributed by atoms with E-state index in [0.29, 0.717) is 23.0 Å². The Hall–Kier alpha value is -2.68. The molecule has 2 rings (SSSR count). The Balaban J connectivity index is 2.38. The first kappa shape index (κ1) is 17.7. The summed E-state index contributed by atoms with van der Waals surface area (Å²) < 4.78 is 10.1. The third-order valence-corrected chi connectivity index (χ3v) is 3.94. The summed E-state index contributed by atoms with van der Waals surface area (Å²) in [5, 5.41) is 26.3. The van der Waals surface area contributed by atoms with Gasteiger partial charge in [-0.1, -0.05) is 6.92 Å². The number of aromatic amines is 1. The number of phenolic OH excluding ortho intramolecular Hbond substituents is 1. The molecule has 0 aliphatic heterocycles. The maximum absolute atomic E-state index is 11.5. The first-order valence-corrected chi connectivity index (χ1v) is 7.79. The van der Waals surface area contributed by atoms with Crippen molar-refractivity contribution in [3.63, 3.8) is 0 Å². The lowest BCUT2D eigenvalue weighted by Crippen LogP contribution is -1.98. The SMILES string of the molecule is CCc1nc(S/C(=C/c2cc(OC)c(O)c(OC)c2)C(=O)O)n[nH]1. The van der Waals surface area contributed by atoms with Gasteiger partial charge < -0.3 is 19.7 Å². The van der Waals surface area contributed by atoms with Crippen LogP contribution in [-0.4, -0.2) is 45.6 Å². The fourth-order valence-corrected chi connectivity index (χ4v) is 2.59. The summed E-state index contributed by atoms with van der Waals surface area (Å²) in [6, 6.07) is 3.02. The number of phenols is 1. The topological polar surface area (TPSA) is 118 Å². The van der Waals surface area contributed by atoms with Gasteiger partial charge in [0.25, 0.3) is 0 Å². The number of H-pyrrole nitrogens is 1. The molecule has 9 heteroatoms. The van der Waals surface area contributed by atoms with Crippen LogP contribution in [0.4, 0.5) is 0 Å². The molecule has 2 aromatic rings. The zero-order valence-electron chi connectivity index (χ0n) is 13.4. The second kappa shape index (κ2) is 7.73. The summed E-state index contributed by atoms with van der Waals surface area (Å²) in [4.78, 5) is 15.7. The highest BCUT2D eigenvalue weighted by molar-refractivity contribution is 8.04. The number of carboxylic acids is 1. The zero-order chi connectivity index (χ0) is 17.7. The van der Waals surface area contributed by atoms with Gasteiger partial charge in [0.2, 0.25) is 10.9 Å². The number of aliphatic carboxylic acids is 1. The molecular weight excluding hydrogens is 334 g/mol. The highest BCUT2D eigenvalue weighted by Crippen LogP contribution is 2.38. The van der Waals surface area contributed by atoms with E-state index in [-0.39, 0.29) is 22.2 Å². The molecule has 1 heterocycles. The lowest BCUT2D eigenvalue weighted by Gasteiger charge is -2.10. The summed E-state index contributed by atoms with van der Waals surface area (Å²) >= 11 is 0.923.